The van der Waals surface area contributed by atoms with Crippen molar-refractivity contribution in [3.63, 3.8) is 0 Å². The van der Waals surface area contributed by atoms with Crippen molar-refractivity contribution in [1.29, 1.82) is 0 Å². The van der Waals surface area contributed by atoms with Crippen LogP contribution in [0.25, 0.3) is 0 Å². The van der Waals surface area contributed by atoms with Crippen molar-refractivity contribution < 1.29 is 9.47 Å². The van der Waals surface area contributed by atoms with E-state index in [0.717, 1.165) is 36.1 Å². The molecule has 19 heavy (non-hydrogen) atoms. The van der Waals surface area contributed by atoms with Crippen LogP contribution in [0.2, 0.25) is 0 Å². The summed E-state index contributed by atoms with van der Waals surface area (Å²) in [5, 5.41) is 6.43. The number of benzene rings is 1. The number of methoxy groups -OCH3 is 1. The van der Waals surface area contributed by atoms with Gasteiger partial charge in [0.25, 0.3) is 0 Å². The molecule has 2 N–H and O–H groups in total. The van der Waals surface area contributed by atoms with Crippen LogP contribution in [0.4, 0.5) is 5.69 Å². The van der Waals surface area contributed by atoms with Gasteiger partial charge in [0, 0.05) is 25.3 Å². The highest BCUT2D eigenvalue weighted by Crippen LogP contribution is 2.30. The first-order chi connectivity index (χ1) is 9.24. The van der Waals surface area contributed by atoms with Crippen molar-refractivity contribution in [2.45, 2.75) is 20.3 Å². The van der Waals surface area contributed by atoms with Gasteiger partial charge in [-0.15, -0.1) is 0 Å². The van der Waals surface area contributed by atoms with Crippen molar-refractivity contribution >= 4 is 11.6 Å². The van der Waals surface area contributed by atoms with E-state index in [1.54, 1.807) is 14.2 Å². The zero-order chi connectivity index (χ0) is 14.1. The number of aliphatic imine (C=N–C) groups is 1. The van der Waals surface area contributed by atoms with E-state index in [1.165, 1.54) is 0 Å². The van der Waals surface area contributed by atoms with Crippen LogP contribution in [0.1, 0.15) is 20.3 Å². The molecule has 0 bridgehead atoms. The van der Waals surface area contributed by atoms with Gasteiger partial charge in [-0.2, -0.15) is 0 Å². The van der Waals surface area contributed by atoms with Gasteiger partial charge >= 0.3 is 0 Å². The van der Waals surface area contributed by atoms with Crippen LogP contribution in [0, 0.1) is 0 Å². The number of rotatable bonds is 6. The highest BCUT2D eigenvalue weighted by Gasteiger charge is 2.06. The molecule has 0 aliphatic heterocycles. The van der Waals surface area contributed by atoms with Crippen LogP contribution in [-0.4, -0.2) is 33.3 Å². The van der Waals surface area contributed by atoms with E-state index >= 15 is 0 Å². The summed E-state index contributed by atoms with van der Waals surface area (Å²) in [4.78, 5) is 4.16. The van der Waals surface area contributed by atoms with Crippen molar-refractivity contribution in [3.05, 3.63) is 18.2 Å². The first-order valence-electron chi connectivity index (χ1n) is 6.53. The number of nitrogens with one attached hydrogen (secondary N) is 2. The Hall–Kier alpha value is -1.91. The maximum atomic E-state index is 5.54. The van der Waals surface area contributed by atoms with Gasteiger partial charge in [0.2, 0.25) is 0 Å². The fourth-order valence-corrected chi connectivity index (χ4v) is 1.58. The van der Waals surface area contributed by atoms with Crippen molar-refractivity contribution in [2.24, 2.45) is 4.99 Å². The molecule has 0 atom stereocenters. The Bertz CT molecular complexity index is 419. The van der Waals surface area contributed by atoms with Crippen LogP contribution >= 0.6 is 0 Å². The highest BCUT2D eigenvalue weighted by molar-refractivity contribution is 5.93. The third kappa shape index (κ3) is 4.69. The van der Waals surface area contributed by atoms with Gasteiger partial charge in [-0.3, -0.25) is 4.99 Å². The zero-order valence-corrected chi connectivity index (χ0v) is 12.1. The molecule has 1 rings (SSSR count). The lowest BCUT2D eigenvalue weighted by Gasteiger charge is -2.14. The molecular weight excluding hydrogens is 242 g/mol. The molecule has 106 valence electrons. The Morgan fingerprint density at radius 1 is 1.26 bits per heavy atom. The third-order valence-electron chi connectivity index (χ3n) is 2.49. The van der Waals surface area contributed by atoms with Crippen LogP contribution < -0.4 is 20.1 Å². The molecule has 5 nitrogen and oxygen atoms in total. The first-order valence-corrected chi connectivity index (χ1v) is 6.53. The second-order valence-corrected chi connectivity index (χ2v) is 3.92. The summed E-state index contributed by atoms with van der Waals surface area (Å²) in [5.41, 5.74) is 0.911. The lowest BCUT2D eigenvalue weighted by atomic mass is 10.2. The van der Waals surface area contributed by atoms with E-state index in [9.17, 15) is 0 Å². The summed E-state index contributed by atoms with van der Waals surface area (Å²) in [7, 11) is 3.38. The van der Waals surface area contributed by atoms with E-state index in [-0.39, 0.29) is 0 Å². The number of nitrogens with zero attached hydrogens (tertiary/aromatic N) is 1. The third-order valence-corrected chi connectivity index (χ3v) is 2.49. The molecule has 0 saturated heterocycles. The summed E-state index contributed by atoms with van der Waals surface area (Å²) in [5.74, 6) is 2.19. The van der Waals surface area contributed by atoms with Crippen molar-refractivity contribution in [3.8, 4) is 11.5 Å². The Kier molecular flexibility index (Phi) is 6.57. The summed E-state index contributed by atoms with van der Waals surface area (Å²) < 4.78 is 10.8. The van der Waals surface area contributed by atoms with Gasteiger partial charge in [-0.05, 0) is 25.5 Å². The summed E-state index contributed by atoms with van der Waals surface area (Å²) >= 11 is 0. The maximum Gasteiger partial charge on any atom is 0.195 e. The number of hydrogen-bond acceptors (Lipinski definition) is 3. The van der Waals surface area contributed by atoms with Crippen LogP contribution in [0.15, 0.2) is 23.2 Å². The number of ether oxygens (including phenoxy) is 2. The molecule has 0 radical (unpaired) electrons. The fourth-order valence-electron chi connectivity index (χ4n) is 1.58. The minimum atomic E-state index is 0.600. The highest BCUT2D eigenvalue weighted by atomic mass is 16.5. The molecule has 0 amide bonds. The van der Waals surface area contributed by atoms with Gasteiger partial charge in [0.05, 0.1) is 13.7 Å². The number of anilines is 1. The number of hydrogen-bond donors (Lipinski definition) is 2. The predicted molar refractivity (Wildman–Crippen MR) is 79.4 cm³/mol. The second kappa shape index (κ2) is 8.24. The SMILES string of the molecule is CCCNC(=NC)Nc1ccc(OC)c(OCC)c1. The average Bonchev–Trinajstić information content (AvgIpc) is 2.44. The average molecular weight is 265 g/mol. The Morgan fingerprint density at radius 2 is 2.05 bits per heavy atom. The van der Waals surface area contributed by atoms with E-state index in [0.29, 0.717) is 6.61 Å². The standard InChI is InChI=1S/C14H23N3O2/c1-5-9-16-14(15-3)17-11-7-8-12(18-4)13(10-11)19-6-2/h7-8,10H,5-6,9H2,1-4H3,(H2,15,16,17). The molecule has 0 saturated carbocycles. The van der Waals surface area contributed by atoms with Gasteiger partial charge in [-0.1, -0.05) is 6.92 Å². The molecular formula is C14H23N3O2. The normalized spacial score (nSPS) is 11.1. The van der Waals surface area contributed by atoms with E-state index < -0.39 is 0 Å². The monoisotopic (exact) mass is 265 g/mol. The van der Waals surface area contributed by atoms with E-state index in [4.69, 9.17) is 9.47 Å². The van der Waals surface area contributed by atoms with Gasteiger partial charge in [0.15, 0.2) is 17.5 Å². The Morgan fingerprint density at radius 3 is 2.63 bits per heavy atom. The topological polar surface area (TPSA) is 54.9 Å². The van der Waals surface area contributed by atoms with Gasteiger partial charge in [0.1, 0.15) is 0 Å². The van der Waals surface area contributed by atoms with Crippen LogP contribution in [0.3, 0.4) is 0 Å². The van der Waals surface area contributed by atoms with Gasteiger partial charge in [-0.25, -0.2) is 0 Å². The van der Waals surface area contributed by atoms with E-state index in [1.807, 2.05) is 25.1 Å². The summed E-state index contributed by atoms with van der Waals surface area (Å²) in [6.07, 6.45) is 1.05. The molecule has 0 spiro atoms. The van der Waals surface area contributed by atoms with Gasteiger partial charge < -0.3 is 20.1 Å². The molecule has 0 unspecified atom stereocenters. The fraction of sp³-hybridized carbons (Fsp3) is 0.500. The van der Waals surface area contributed by atoms with Crippen LogP contribution in [0.5, 0.6) is 11.5 Å². The van der Waals surface area contributed by atoms with Crippen LogP contribution in [-0.2, 0) is 0 Å². The molecule has 0 heterocycles. The first kappa shape index (κ1) is 15.1. The van der Waals surface area contributed by atoms with Crippen molar-refractivity contribution in [1.82, 2.24) is 5.32 Å². The molecule has 0 aliphatic rings. The molecule has 0 aliphatic carbocycles. The molecule has 5 heteroatoms. The Balaban J connectivity index is 2.80. The lowest BCUT2D eigenvalue weighted by molar-refractivity contribution is 0.311. The second-order valence-electron chi connectivity index (χ2n) is 3.92. The summed E-state index contributed by atoms with van der Waals surface area (Å²) in [6, 6.07) is 5.71. The zero-order valence-electron chi connectivity index (χ0n) is 12.1. The maximum absolute atomic E-state index is 5.54. The Labute approximate surface area is 115 Å². The quantitative estimate of drug-likeness (QED) is 0.613. The summed E-state index contributed by atoms with van der Waals surface area (Å²) in [6.45, 7) is 5.54. The van der Waals surface area contributed by atoms with E-state index in [2.05, 4.69) is 22.5 Å². The minimum absolute atomic E-state index is 0.600. The van der Waals surface area contributed by atoms with Crippen molar-refractivity contribution in [2.75, 3.05) is 32.6 Å². The molecule has 0 aromatic heterocycles. The number of guanidine groups is 1. The smallest absolute Gasteiger partial charge is 0.195 e. The molecule has 1 aromatic rings. The minimum Gasteiger partial charge on any atom is -0.493 e. The largest absolute Gasteiger partial charge is 0.493 e. The molecule has 0 fully saturated rings. The predicted octanol–water partition coefficient (Wildman–Crippen LogP) is 2.49. The lowest BCUT2D eigenvalue weighted by Crippen LogP contribution is -2.31. The molecule has 1 aromatic carbocycles.